The number of furan rings is 1. The normalized spacial score (nSPS) is 10.3. The molecule has 0 aromatic carbocycles. The van der Waals surface area contributed by atoms with Crippen molar-refractivity contribution in [2.45, 2.75) is 0 Å². The molecular formula is C8H6BrNO. The third kappa shape index (κ3) is 1.24. The number of H-pyrrole nitrogens is 1. The second-order valence-electron chi connectivity index (χ2n) is 2.19. The monoisotopic (exact) mass is 211 g/mol. The molecule has 0 fully saturated rings. The maximum absolute atomic E-state index is 5.31. The molecule has 0 amide bonds. The fourth-order valence-corrected chi connectivity index (χ4v) is 1.25. The number of aromatic nitrogens is 1. The van der Waals surface area contributed by atoms with Gasteiger partial charge in [0.2, 0.25) is 0 Å². The van der Waals surface area contributed by atoms with Gasteiger partial charge in [0.1, 0.15) is 0 Å². The Labute approximate surface area is 72.4 Å². The number of nitrogens with one attached hydrogen (secondary N) is 1. The van der Waals surface area contributed by atoms with Gasteiger partial charge in [-0.3, -0.25) is 0 Å². The van der Waals surface area contributed by atoms with E-state index in [1.165, 1.54) is 0 Å². The van der Waals surface area contributed by atoms with Crippen LogP contribution in [0.3, 0.4) is 0 Å². The summed E-state index contributed by atoms with van der Waals surface area (Å²) in [4.78, 5) is 3.05. The summed E-state index contributed by atoms with van der Waals surface area (Å²) < 4.78 is 6.07. The lowest BCUT2D eigenvalue weighted by atomic mass is 10.3. The second-order valence-corrected chi connectivity index (χ2v) is 2.97. The molecule has 56 valence electrons. The zero-order valence-corrected chi connectivity index (χ0v) is 7.26. The lowest BCUT2D eigenvalue weighted by Crippen LogP contribution is -1.68. The van der Waals surface area contributed by atoms with Crippen LogP contribution >= 0.6 is 15.9 Å². The molecule has 2 aromatic heterocycles. The largest absolute Gasteiger partial charge is 0.448 e. The van der Waals surface area contributed by atoms with Crippen molar-refractivity contribution in [3.63, 3.8) is 0 Å². The summed E-state index contributed by atoms with van der Waals surface area (Å²) in [6, 6.07) is 7.68. The molecule has 0 radical (unpaired) electrons. The standard InChI is InChI=1S/C8H6BrNO/c9-8-4-3-7(11-8)6-2-1-5-10-6/h1-5,10H. The lowest BCUT2D eigenvalue weighted by Gasteiger charge is -1.87. The van der Waals surface area contributed by atoms with Crippen LogP contribution in [-0.2, 0) is 0 Å². The Bertz CT molecular complexity index is 337. The predicted octanol–water partition coefficient (Wildman–Crippen LogP) is 3.04. The van der Waals surface area contributed by atoms with Crippen LogP contribution in [0.15, 0.2) is 39.5 Å². The average Bonchev–Trinajstić information content (AvgIpc) is 2.55. The number of halogens is 1. The van der Waals surface area contributed by atoms with Gasteiger partial charge in [-0.2, -0.15) is 0 Å². The maximum Gasteiger partial charge on any atom is 0.169 e. The Balaban J connectivity index is 2.45. The first kappa shape index (κ1) is 6.73. The van der Waals surface area contributed by atoms with Gasteiger partial charge in [-0.1, -0.05) is 0 Å². The Morgan fingerprint density at radius 2 is 2.18 bits per heavy atom. The number of rotatable bonds is 1. The van der Waals surface area contributed by atoms with E-state index in [2.05, 4.69) is 20.9 Å². The van der Waals surface area contributed by atoms with Crippen LogP contribution in [0.4, 0.5) is 0 Å². The van der Waals surface area contributed by atoms with E-state index in [1.54, 1.807) is 0 Å². The van der Waals surface area contributed by atoms with Crippen molar-refractivity contribution >= 4 is 15.9 Å². The van der Waals surface area contributed by atoms with E-state index in [0.717, 1.165) is 16.1 Å². The van der Waals surface area contributed by atoms with Crippen LogP contribution in [0.25, 0.3) is 11.5 Å². The molecule has 3 heteroatoms. The molecule has 0 aliphatic carbocycles. The average molecular weight is 212 g/mol. The van der Waals surface area contributed by atoms with Gasteiger partial charge in [0.05, 0.1) is 5.69 Å². The van der Waals surface area contributed by atoms with Crippen molar-refractivity contribution in [1.29, 1.82) is 0 Å². The molecule has 1 N–H and O–H groups in total. The van der Waals surface area contributed by atoms with Crippen LogP contribution in [0.2, 0.25) is 0 Å². The highest BCUT2D eigenvalue weighted by molar-refractivity contribution is 9.10. The first-order valence-corrected chi connectivity index (χ1v) is 4.04. The lowest BCUT2D eigenvalue weighted by molar-refractivity contribution is 0.554. The van der Waals surface area contributed by atoms with E-state index in [1.807, 2.05) is 30.5 Å². The van der Waals surface area contributed by atoms with Gasteiger partial charge in [0.15, 0.2) is 10.4 Å². The van der Waals surface area contributed by atoms with Gasteiger partial charge in [-0.25, -0.2) is 0 Å². The molecule has 2 rings (SSSR count). The summed E-state index contributed by atoms with van der Waals surface area (Å²) in [5, 5.41) is 0. The van der Waals surface area contributed by atoms with Crippen molar-refractivity contribution in [2.24, 2.45) is 0 Å². The summed E-state index contributed by atoms with van der Waals surface area (Å²) in [6.45, 7) is 0. The molecule has 2 heterocycles. The Hall–Kier alpha value is -0.960. The van der Waals surface area contributed by atoms with Crippen molar-refractivity contribution in [2.75, 3.05) is 0 Å². The summed E-state index contributed by atoms with van der Waals surface area (Å²) >= 11 is 3.24. The Kier molecular flexibility index (Phi) is 1.58. The topological polar surface area (TPSA) is 28.9 Å². The Morgan fingerprint density at radius 3 is 2.73 bits per heavy atom. The van der Waals surface area contributed by atoms with Gasteiger partial charge in [-0.05, 0) is 40.2 Å². The number of aromatic amines is 1. The fourth-order valence-electron chi connectivity index (χ4n) is 0.943. The molecule has 0 aliphatic rings. The SMILES string of the molecule is Brc1ccc(-c2ccc[nH]2)o1. The van der Waals surface area contributed by atoms with E-state index >= 15 is 0 Å². The molecule has 0 atom stereocenters. The minimum Gasteiger partial charge on any atom is -0.448 e. The molecule has 0 unspecified atom stereocenters. The summed E-state index contributed by atoms with van der Waals surface area (Å²) in [5.74, 6) is 0.849. The van der Waals surface area contributed by atoms with Crippen LogP contribution in [0, 0.1) is 0 Å². The fraction of sp³-hybridized carbons (Fsp3) is 0. The molecule has 2 aromatic rings. The van der Waals surface area contributed by atoms with Crippen LogP contribution in [0.5, 0.6) is 0 Å². The van der Waals surface area contributed by atoms with Crippen molar-refractivity contribution in [3.8, 4) is 11.5 Å². The van der Waals surface area contributed by atoms with Crippen LogP contribution in [-0.4, -0.2) is 4.98 Å². The van der Waals surface area contributed by atoms with E-state index in [0.29, 0.717) is 0 Å². The summed E-state index contributed by atoms with van der Waals surface area (Å²) in [5.41, 5.74) is 0.996. The molecule has 0 aliphatic heterocycles. The predicted molar refractivity (Wildman–Crippen MR) is 46.2 cm³/mol. The van der Waals surface area contributed by atoms with Gasteiger partial charge in [0.25, 0.3) is 0 Å². The highest BCUT2D eigenvalue weighted by Gasteiger charge is 2.01. The minimum atomic E-state index is 0.752. The van der Waals surface area contributed by atoms with Gasteiger partial charge >= 0.3 is 0 Å². The highest BCUT2D eigenvalue weighted by Crippen LogP contribution is 2.22. The van der Waals surface area contributed by atoms with E-state index < -0.39 is 0 Å². The molecule has 0 saturated carbocycles. The van der Waals surface area contributed by atoms with E-state index in [9.17, 15) is 0 Å². The molecule has 0 spiro atoms. The quantitative estimate of drug-likeness (QED) is 0.773. The van der Waals surface area contributed by atoms with Gasteiger partial charge < -0.3 is 9.40 Å². The smallest absolute Gasteiger partial charge is 0.169 e. The van der Waals surface area contributed by atoms with E-state index in [4.69, 9.17) is 4.42 Å². The summed E-state index contributed by atoms with van der Waals surface area (Å²) in [7, 11) is 0. The first-order valence-electron chi connectivity index (χ1n) is 3.25. The van der Waals surface area contributed by atoms with Crippen molar-refractivity contribution < 1.29 is 4.42 Å². The second kappa shape index (κ2) is 2.58. The molecule has 2 nitrogen and oxygen atoms in total. The third-order valence-corrected chi connectivity index (χ3v) is 1.86. The Morgan fingerprint density at radius 1 is 1.27 bits per heavy atom. The minimum absolute atomic E-state index is 0.752. The maximum atomic E-state index is 5.31. The van der Waals surface area contributed by atoms with Crippen LogP contribution < -0.4 is 0 Å². The van der Waals surface area contributed by atoms with Gasteiger partial charge in [0, 0.05) is 6.20 Å². The third-order valence-electron chi connectivity index (χ3n) is 1.44. The highest BCUT2D eigenvalue weighted by atomic mass is 79.9. The van der Waals surface area contributed by atoms with E-state index in [-0.39, 0.29) is 0 Å². The zero-order valence-electron chi connectivity index (χ0n) is 5.67. The van der Waals surface area contributed by atoms with Gasteiger partial charge in [-0.15, -0.1) is 0 Å². The number of hydrogen-bond donors (Lipinski definition) is 1. The van der Waals surface area contributed by atoms with Crippen molar-refractivity contribution in [3.05, 3.63) is 35.1 Å². The number of hydrogen-bond acceptors (Lipinski definition) is 1. The molecule has 0 bridgehead atoms. The van der Waals surface area contributed by atoms with Crippen molar-refractivity contribution in [1.82, 2.24) is 4.98 Å². The summed E-state index contributed by atoms with van der Waals surface area (Å²) in [6.07, 6.45) is 1.87. The molecular weight excluding hydrogens is 206 g/mol. The molecule has 0 saturated heterocycles. The van der Waals surface area contributed by atoms with Crippen LogP contribution in [0.1, 0.15) is 0 Å². The zero-order chi connectivity index (χ0) is 7.68. The first-order chi connectivity index (χ1) is 5.36. The molecule has 11 heavy (non-hydrogen) atoms.